The van der Waals surface area contributed by atoms with Gasteiger partial charge in [0.25, 0.3) is 0 Å². The molecule has 4 heteroatoms. The summed E-state index contributed by atoms with van der Waals surface area (Å²) in [6, 6.07) is 0. The van der Waals surface area contributed by atoms with Gasteiger partial charge in [0.15, 0.2) is 0 Å². The van der Waals surface area contributed by atoms with E-state index in [9.17, 15) is 9.90 Å². The molecule has 0 aromatic carbocycles. The average Bonchev–Trinajstić information content (AvgIpc) is 2.39. The van der Waals surface area contributed by atoms with Crippen molar-refractivity contribution < 1.29 is 9.90 Å². The van der Waals surface area contributed by atoms with E-state index in [2.05, 4.69) is 53.4 Å². The van der Waals surface area contributed by atoms with Gasteiger partial charge in [-0.3, -0.25) is 4.79 Å². The Morgan fingerprint density at radius 2 is 1.74 bits per heavy atom. The highest BCUT2D eigenvalue weighted by atomic mass is 16.3. The third kappa shape index (κ3) is 6.48. The molecule has 1 amide bonds. The van der Waals surface area contributed by atoms with Gasteiger partial charge in [0.2, 0.25) is 5.91 Å². The number of nitrogens with two attached hydrogens (primary N) is 2. The molecule has 1 aliphatic carbocycles. The normalized spacial score (nSPS) is 21.8. The van der Waals surface area contributed by atoms with Crippen LogP contribution in [0.15, 0.2) is 23.3 Å². The predicted molar refractivity (Wildman–Crippen MR) is 97.8 cm³/mol. The third-order valence-corrected chi connectivity index (χ3v) is 4.36. The maximum absolute atomic E-state index is 10.9. The van der Waals surface area contributed by atoms with Gasteiger partial charge < -0.3 is 16.6 Å². The number of hydrogen-bond acceptors (Lipinski definition) is 3. The molecule has 4 nitrogen and oxygen atoms in total. The van der Waals surface area contributed by atoms with Gasteiger partial charge in [-0.15, -0.1) is 0 Å². The summed E-state index contributed by atoms with van der Waals surface area (Å²) in [5.74, 6) is -0.245. The number of carbonyl (C=O) groups is 1. The highest BCUT2D eigenvalue weighted by Gasteiger charge is 2.42. The summed E-state index contributed by atoms with van der Waals surface area (Å²) >= 11 is 0. The number of carbonyl (C=O) groups excluding carboxylic acids is 1. The molecule has 0 fully saturated rings. The van der Waals surface area contributed by atoms with Gasteiger partial charge in [-0.2, -0.15) is 0 Å². The van der Waals surface area contributed by atoms with Crippen LogP contribution in [0.3, 0.4) is 0 Å². The minimum atomic E-state index is -0.756. The predicted octanol–water partition coefficient (Wildman–Crippen LogP) is 3.30. The van der Waals surface area contributed by atoms with Gasteiger partial charge in [0.1, 0.15) is 0 Å². The van der Waals surface area contributed by atoms with Crippen molar-refractivity contribution in [1.82, 2.24) is 0 Å². The summed E-state index contributed by atoms with van der Waals surface area (Å²) < 4.78 is 0. The van der Waals surface area contributed by atoms with Crippen LogP contribution in [-0.4, -0.2) is 23.2 Å². The molecular formula is C19H36N2O2. The van der Waals surface area contributed by atoms with Crippen LogP contribution in [-0.2, 0) is 4.79 Å². The first kappa shape index (κ1) is 21.9. The van der Waals surface area contributed by atoms with Crippen molar-refractivity contribution in [2.45, 2.75) is 73.3 Å². The van der Waals surface area contributed by atoms with Crippen LogP contribution in [0.5, 0.6) is 0 Å². The number of hydrogen-bond donors (Lipinski definition) is 3. The lowest BCUT2D eigenvalue weighted by Crippen LogP contribution is -2.44. The summed E-state index contributed by atoms with van der Waals surface area (Å²) in [5.41, 5.74) is 12.1. The van der Waals surface area contributed by atoms with Crippen molar-refractivity contribution in [2.24, 2.45) is 22.3 Å². The highest BCUT2D eigenvalue weighted by Crippen LogP contribution is 2.45. The molecule has 0 saturated heterocycles. The minimum absolute atomic E-state index is 0.0779. The maximum Gasteiger partial charge on any atom is 0.217 e. The molecule has 0 aromatic rings. The topological polar surface area (TPSA) is 89.3 Å². The first-order valence-electron chi connectivity index (χ1n) is 8.41. The Hall–Kier alpha value is -1.13. The first-order valence-corrected chi connectivity index (χ1v) is 8.41. The molecular weight excluding hydrogens is 288 g/mol. The van der Waals surface area contributed by atoms with E-state index >= 15 is 0 Å². The van der Waals surface area contributed by atoms with Gasteiger partial charge in [0.05, 0.1) is 5.60 Å². The lowest BCUT2D eigenvalue weighted by atomic mass is 9.65. The second kappa shape index (κ2) is 8.11. The number of primary amides is 1. The van der Waals surface area contributed by atoms with Crippen molar-refractivity contribution in [3.8, 4) is 0 Å². The molecule has 0 heterocycles. The Labute approximate surface area is 142 Å². The van der Waals surface area contributed by atoms with Gasteiger partial charge in [-0.05, 0) is 29.4 Å². The minimum Gasteiger partial charge on any atom is -0.385 e. The Balaban J connectivity index is 0.000000841. The van der Waals surface area contributed by atoms with Crippen molar-refractivity contribution in [2.75, 3.05) is 6.54 Å². The maximum atomic E-state index is 10.9. The molecule has 0 saturated carbocycles. The summed E-state index contributed by atoms with van der Waals surface area (Å²) in [6.07, 6.45) is 6.10. The molecule has 0 spiro atoms. The summed E-state index contributed by atoms with van der Waals surface area (Å²) in [4.78, 5) is 9.59. The smallest absolute Gasteiger partial charge is 0.217 e. The van der Waals surface area contributed by atoms with Crippen molar-refractivity contribution in [3.05, 3.63) is 23.3 Å². The monoisotopic (exact) mass is 324 g/mol. The summed E-state index contributed by atoms with van der Waals surface area (Å²) in [6.45, 7) is 15.3. The van der Waals surface area contributed by atoms with Crippen LogP contribution < -0.4 is 11.5 Å². The fourth-order valence-electron chi connectivity index (χ4n) is 2.43. The van der Waals surface area contributed by atoms with Gasteiger partial charge in [-0.25, -0.2) is 0 Å². The number of aliphatic hydroxyl groups is 1. The molecule has 1 atom stereocenters. The van der Waals surface area contributed by atoms with Crippen LogP contribution in [0, 0.1) is 10.8 Å². The van der Waals surface area contributed by atoms with Crippen molar-refractivity contribution in [1.29, 1.82) is 0 Å². The lowest BCUT2D eigenvalue weighted by molar-refractivity contribution is -0.117. The quantitative estimate of drug-likeness (QED) is 0.744. The Bertz CT molecular complexity index is 465. The first-order chi connectivity index (χ1) is 10.3. The van der Waals surface area contributed by atoms with E-state index in [1.54, 1.807) is 6.92 Å². The molecule has 0 radical (unpaired) electrons. The molecule has 5 N–H and O–H groups in total. The molecule has 0 bridgehead atoms. The largest absolute Gasteiger partial charge is 0.385 e. The molecule has 0 aromatic heterocycles. The second-order valence-electron chi connectivity index (χ2n) is 8.30. The van der Waals surface area contributed by atoms with Gasteiger partial charge >= 0.3 is 0 Å². The Morgan fingerprint density at radius 3 is 2.04 bits per heavy atom. The van der Waals surface area contributed by atoms with E-state index in [0.717, 1.165) is 6.42 Å². The van der Waals surface area contributed by atoms with Gasteiger partial charge in [-0.1, -0.05) is 66.2 Å². The molecule has 1 rings (SSSR count). The Morgan fingerprint density at radius 1 is 1.26 bits per heavy atom. The lowest BCUT2D eigenvalue weighted by Gasteiger charge is -2.44. The molecule has 23 heavy (non-hydrogen) atoms. The zero-order valence-corrected chi connectivity index (χ0v) is 16.0. The van der Waals surface area contributed by atoms with E-state index in [-0.39, 0.29) is 16.7 Å². The van der Waals surface area contributed by atoms with E-state index < -0.39 is 5.60 Å². The van der Waals surface area contributed by atoms with Gasteiger partial charge in [0, 0.05) is 12.8 Å². The van der Waals surface area contributed by atoms with E-state index in [1.165, 1.54) is 11.1 Å². The molecule has 0 aliphatic heterocycles. The van der Waals surface area contributed by atoms with E-state index in [0.29, 0.717) is 19.4 Å². The van der Waals surface area contributed by atoms with Crippen LogP contribution in [0.25, 0.3) is 0 Å². The third-order valence-electron chi connectivity index (χ3n) is 4.36. The average molecular weight is 325 g/mol. The zero-order chi connectivity index (χ0) is 18.5. The Kier molecular flexibility index (Phi) is 7.71. The molecule has 1 unspecified atom stereocenters. The SMILES string of the molecule is CC(C)(C)C1=C(CCN)C=CC(O)(C(C)(C)C)C1.CCC(N)=O. The number of allylic oxidation sites excluding steroid dienone is 1. The standard InChI is InChI=1S/C16H29NO.C3H7NO/c1-14(2,3)13-11-16(18,15(4,5)6)9-7-12(13)8-10-17;1-2-3(4)5/h7,9,18H,8,10-11,17H2,1-6H3;2H2,1H3,(H2,4,5). The fraction of sp³-hybridized carbons (Fsp3) is 0.737. The van der Waals surface area contributed by atoms with E-state index in [1.807, 2.05) is 6.08 Å². The van der Waals surface area contributed by atoms with Crippen LogP contribution >= 0.6 is 0 Å². The molecule has 1 aliphatic rings. The van der Waals surface area contributed by atoms with Crippen molar-refractivity contribution in [3.63, 3.8) is 0 Å². The van der Waals surface area contributed by atoms with Crippen molar-refractivity contribution >= 4 is 5.91 Å². The van der Waals surface area contributed by atoms with Crippen LogP contribution in [0.4, 0.5) is 0 Å². The summed E-state index contributed by atoms with van der Waals surface area (Å²) in [7, 11) is 0. The highest BCUT2D eigenvalue weighted by molar-refractivity contribution is 5.73. The second-order valence-corrected chi connectivity index (χ2v) is 8.30. The number of rotatable bonds is 3. The molecule has 134 valence electrons. The van der Waals surface area contributed by atoms with E-state index in [4.69, 9.17) is 5.73 Å². The fourth-order valence-corrected chi connectivity index (χ4v) is 2.43. The summed E-state index contributed by atoms with van der Waals surface area (Å²) in [5, 5.41) is 10.9. The van der Waals surface area contributed by atoms with Crippen LogP contribution in [0.2, 0.25) is 0 Å². The zero-order valence-electron chi connectivity index (χ0n) is 16.0. The number of amides is 1. The van der Waals surface area contributed by atoms with Crippen LogP contribution in [0.1, 0.15) is 67.7 Å².